The van der Waals surface area contributed by atoms with E-state index in [2.05, 4.69) is 177 Å². The summed E-state index contributed by atoms with van der Waals surface area (Å²) in [6.07, 6.45) is 23.8. The van der Waals surface area contributed by atoms with E-state index >= 15 is 0 Å². The van der Waals surface area contributed by atoms with E-state index in [9.17, 15) is 0 Å². The van der Waals surface area contributed by atoms with Crippen molar-refractivity contribution in [2.75, 3.05) is 6.61 Å². The van der Waals surface area contributed by atoms with Crippen LogP contribution in [0, 0.1) is 5.92 Å². The summed E-state index contributed by atoms with van der Waals surface area (Å²) in [4.78, 5) is 17.2. The summed E-state index contributed by atoms with van der Waals surface area (Å²) in [6, 6.07) is 32.7. The Labute approximate surface area is 464 Å². The zero-order chi connectivity index (χ0) is 50.5. The quantitative estimate of drug-likeness (QED) is 0.0447. The molecule has 0 N–H and O–H groups in total. The Morgan fingerprint density at radius 3 is 1.58 bits per heavy atom. The predicted molar refractivity (Wildman–Crippen MR) is 324 cm³/mol. The zero-order valence-corrected chi connectivity index (χ0v) is 54.8. The van der Waals surface area contributed by atoms with Crippen LogP contribution in [0.4, 0.5) is 0 Å². The number of benzene rings is 4. The molecular weight excluding hydrogens is 1280 g/mol. The molecule has 0 fully saturated rings. The second kappa shape index (κ2) is 27.2. The number of aromatic nitrogens is 2. The van der Waals surface area contributed by atoms with Crippen molar-refractivity contribution in [3.8, 4) is 37.8 Å². The summed E-state index contributed by atoms with van der Waals surface area (Å²) in [5, 5.41) is 8.96. The van der Waals surface area contributed by atoms with Crippen LogP contribution in [0.2, 0.25) is 34.7 Å². The van der Waals surface area contributed by atoms with Gasteiger partial charge in [0.15, 0.2) is 0 Å². The first-order valence-electron chi connectivity index (χ1n) is 26.3. The maximum absolute atomic E-state index is 6.90. The Morgan fingerprint density at radius 2 is 1.07 bits per heavy atom. The van der Waals surface area contributed by atoms with E-state index in [4.69, 9.17) is 20.9 Å². The van der Waals surface area contributed by atoms with Gasteiger partial charge in [-0.15, -0.1) is 0 Å². The summed E-state index contributed by atoms with van der Waals surface area (Å²) in [7, 11) is 0. The molecule has 7 aromatic rings. The van der Waals surface area contributed by atoms with Gasteiger partial charge in [-0.3, -0.25) is 0 Å². The summed E-state index contributed by atoms with van der Waals surface area (Å²) in [6.45, 7) is 5.36. The van der Waals surface area contributed by atoms with E-state index in [1.54, 1.807) is 5.79 Å². The van der Waals surface area contributed by atoms with Crippen LogP contribution >= 0.6 is 66.1 Å². The van der Waals surface area contributed by atoms with E-state index in [1.807, 2.05) is 28.7 Å². The molecule has 1 atom stereocenters. The normalized spacial score (nSPS) is 12.7. The van der Waals surface area contributed by atoms with Crippen molar-refractivity contribution in [3.63, 3.8) is 0 Å². The molecule has 3 aromatic heterocycles. The van der Waals surface area contributed by atoms with Gasteiger partial charge in [0.1, 0.15) is 5.75 Å². The monoisotopic (exact) mass is 1350 g/mol. The third kappa shape index (κ3) is 15.8. The molecule has 1 aliphatic rings. The molecule has 0 saturated carbocycles. The van der Waals surface area contributed by atoms with Gasteiger partial charge in [-0.2, -0.15) is 0 Å². The molecule has 1 unspecified atom stereocenters. The van der Waals surface area contributed by atoms with Gasteiger partial charge in [0.25, 0.3) is 0 Å². The first-order valence-corrected chi connectivity index (χ1v) is 49.9. The summed E-state index contributed by atoms with van der Waals surface area (Å²) < 4.78 is 17.3. The summed E-state index contributed by atoms with van der Waals surface area (Å²) >= 11 is 14.0. The Balaban J connectivity index is 0.000000233. The van der Waals surface area contributed by atoms with Crippen LogP contribution in [0.5, 0.6) is 5.75 Å². The number of halogens is 3. The Hall–Kier alpha value is -1.93. The molecule has 71 heavy (non-hydrogen) atoms. The van der Waals surface area contributed by atoms with Gasteiger partial charge in [-0.1, -0.05) is 159 Å². The number of thiophene rings is 2. The number of fused-ring (bicyclic) bond motifs is 4. The fourth-order valence-corrected chi connectivity index (χ4v) is 23.0. The third-order valence-electron chi connectivity index (χ3n) is 13.6. The Morgan fingerprint density at radius 1 is 0.577 bits per heavy atom. The number of hydrogen-bond acceptors (Lipinski definition) is 6. The fraction of sp³-hybridized carbons (Fsp3) is 0.433. The van der Waals surface area contributed by atoms with Gasteiger partial charge in [-0.25, -0.2) is 0 Å². The number of ether oxygens (including phenoxy) is 1. The van der Waals surface area contributed by atoms with Crippen LogP contribution in [0.1, 0.15) is 133 Å². The van der Waals surface area contributed by atoms with E-state index in [0.717, 1.165) is 54.1 Å². The van der Waals surface area contributed by atoms with Crippen molar-refractivity contribution in [2.45, 2.75) is 146 Å². The van der Waals surface area contributed by atoms with Gasteiger partial charge >= 0.3 is 178 Å². The van der Waals surface area contributed by atoms with E-state index in [1.165, 1.54) is 140 Å². The molecule has 4 aromatic carbocycles. The van der Waals surface area contributed by atoms with Crippen LogP contribution in [0.15, 0.2) is 104 Å². The van der Waals surface area contributed by atoms with Crippen LogP contribution < -0.4 is 10.5 Å². The van der Waals surface area contributed by atoms with Crippen molar-refractivity contribution < 1.29 is 9.26 Å². The standard InChI is InChI=1S/C40H51Br2ClO.C14H6N2OS2.6CH3.2Sn/c1-3-5-7-9-11-12-14-16-18-30(17-15-13-10-8-6-4-2)29-44-34-22-19-31(40(43)28-34)25-37-38-26-32(41)20-23-35(38)36-24-21-33(42)27-39(36)37;1-3-11(18-7-1)9-5-6-10(12-4-2-8-19-12)14-13(9)15-16-17-14;;;;;;;;/h19-28,30H,3-18,29H2,1-2H3;1-6H;6*1H3;;. The molecule has 3 heterocycles. The van der Waals surface area contributed by atoms with Gasteiger partial charge in [0.05, 0.1) is 11.6 Å². The van der Waals surface area contributed by atoms with Crippen LogP contribution in [0.25, 0.3) is 54.8 Å². The van der Waals surface area contributed by atoms with Crippen molar-refractivity contribution in [1.29, 1.82) is 0 Å². The predicted octanol–water partition coefficient (Wildman–Crippen LogP) is 20.5. The molecule has 0 amide bonds. The molecule has 4 nitrogen and oxygen atoms in total. The van der Waals surface area contributed by atoms with Crippen molar-refractivity contribution in [3.05, 3.63) is 122 Å². The molecule has 0 bridgehead atoms. The number of nitrogens with zero attached hydrogens (tertiary/aromatic N) is 2. The van der Waals surface area contributed by atoms with Crippen LogP contribution in [-0.4, -0.2) is 53.7 Å². The molecule has 0 spiro atoms. The maximum atomic E-state index is 6.90. The average Bonchev–Trinajstić information content (AvgIpc) is 4.18. The molecule has 0 aliphatic heterocycles. The zero-order valence-electron chi connectivity index (χ0n) is 43.5. The van der Waals surface area contributed by atoms with Gasteiger partial charge in [0.2, 0.25) is 0 Å². The Kier molecular flexibility index (Phi) is 21.8. The molecule has 11 heteroatoms. The number of rotatable bonds is 24. The van der Waals surface area contributed by atoms with Gasteiger partial charge in [-0.05, 0) is 101 Å². The molecule has 0 saturated heterocycles. The molecular formula is C60H75Br2ClN2O2S2Sn2. The number of hydrogen-bond donors (Lipinski definition) is 0. The number of unbranched alkanes of at least 4 members (excludes halogenated alkanes) is 12. The molecule has 378 valence electrons. The second-order valence-electron chi connectivity index (χ2n) is 21.6. The fourth-order valence-electron chi connectivity index (χ4n) is 9.45. The third-order valence-corrected chi connectivity index (χ3v) is 36.2. The minimum absolute atomic E-state index is 0.616. The van der Waals surface area contributed by atoms with E-state index < -0.39 is 36.8 Å². The van der Waals surface area contributed by atoms with Gasteiger partial charge in [0, 0.05) is 8.95 Å². The van der Waals surface area contributed by atoms with Crippen LogP contribution in [0.3, 0.4) is 0 Å². The van der Waals surface area contributed by atoms with E-state index in [0.29, 0.717) is 5.92 Å². The SMILES string of the molecule is CCCCCCCCCCC(CCCCCCCC)COc1ccc(C=C2c3cc(Br)ccc3-c3ccc(Br)cc32)c(Cl)c1.[CH3][Sn]([CH3])([CH3])[c]1ccc(-c2ccc(-c3cc[c]([Sn]([CH3])([CH3])[CH3])s3)c3onnc23)s1. The summed E-state index contributed by atoms with van der Waals surface area (Å²) in [5.74, 6) is 1.49. The van der Waals surface area contributed by atoms with Crippen molar-refractivity contribution >= 4 is 131 Å². The van der Waals surface area contributed by atoms with Crippen molar-refractivity contribution in [2.24, 2.45) is 5.92 Å². The van der Waals surface area contributed by atoms with E-state index in [-0.39, 0.29) is 0 Å². The topological polar surface area (TPSA) is 48.2 Å². The first-order chi connectivity index (χ1) is 34.1. The molecule has 8 rings (SSSR count). The molecule has 0 radical (unpaired) electrons. The minimum atomic E-state index is -2.06. The van der Waals surface area contributed by atoms with Crippen molar-refractivity contribution in [1.82, 2.24) is 10.4 Å². The molecule has 1 aliphatic carbocycles. The van der Waals surface area contributed by atoms with Gasteiger partial charge < -0.3 is 4.74 Å². The summed E-state index contributed by atoms with van der Waals surface area (Å²) in [5.41, 5.74) is 11.1. The second-order valence-corrected chi connectivity index (χ2v) is 56.8. The van der Waals surface area contributed by atoms with Crippen LogP contribution in [-0.2, 0) is 0 Å². The first kappa shape index (κ1) is 56.8. The average molecular weight is 1350 g/mol. The Bertz CT molecular complexity index is 2720.